The van der Waals surface area contributed by atoms with Crippen LogP contribution in [0.15, 0.2) is 60.7 Å². The smallest absolute Gasteiger partial charge is 0.330 e. The summed E-state index contributed by atoms with van der Waals surface area (Å²) in [6.07, 6.45) is 0. The summed E-state index contributed by atoms with van der Waals surface area (Å²) in [5.41, 5.74) is 9.27. The molecule has 3 aromatic carbocycles. The first kappa shape index (κ1) is 9.76. The Labute approximate surface area is 98.4 Å². The van der Waals surface area contributed by atoms with Crippen LogP contribution in [-0.2, 0) is 0 Å². The minimum atomic E-state index is 0.626. The van der Waals surface area contributed by atoms with Crippen molar-refractivity contribution >= 4 is 21.5 Å². The summed E-state index contributed by atoms with van der Waals surface area (Å²) < 4.78 is 0. The normalized spacial score (nSPS) is 10.4. The molecular formula is C15H10N2. The van der Waals surface area contributed by atoms with Crippen molar-refractivity contribution in [3.63, 3.8) is 0 Å². The van der Waals surface area contributed by atoms with Gasteiger partial charge in [-0.3, -0.25) is 0 Å². The number of nitrogens with zero attached hydrogens (tertiary/aromatic N) is 2. The van der Waals surface area contributed by atoms with E-state index in [0.29, 0.717) is 5.36 Å². The first-order valence-corrected chi connectivity index (χ1v) is 5.49. The molecule has 0 saturated heterocycles. The van der Waals surface area contributed by atoms with E-state index >= 15 is 0 Å². The van der Waals surface area contributed by atoms with Crippen LogP contribution in [0.25, 0.3) is 27.1 Å². The molecule has 0 atom stereocenters. The molecule has 0 saturated carbocycles. The van der Waals surface area contributed by atoms with Gasteiger partial charge in [-0.25, -0.2) is 0 Å². The van der Waals surface area contributed by atoms with Gasteiger partial charge >= 0.3 is 5.36 Å². The predicted molar refractivity (Wildman–Crippen MR) is 68.2 cm³/mol. The van der Waals surface area contributed by atoms with Crippen molar-refractivity contribution in [1.82, 2.24) is 0 Å². The zero-order valence-corrected chi connectivity index (χ0v) is 9.17. The van der Waals surface area contributed by atoms with Crippen molar-refractivity contribution in [2.24, 2.45) is 0 Å². The maximum atomic E-state index is 9.27. The number of hydrogen-bond acceptors (Lipinski definition) is 0. The van der Waals surface area contributed by atoms with Gasteiger partial charge in [0.1, 0.15) is 0 Å². The Kier molecular flexibility index (Phi) is 2.21. The van der Waals surface area contributed by atoms with E-state index in [-0.39, 0.29) is 0 Å². The second-order valence-corrected chi connectivity index (χ2v) is 3.96. The molecule has 2 heteroatoms. The highest BCUT2D eigenvalue weighted by Crippen LogP contribution is 2.14. The van der Waals surface area contributed by atoms with Crippen LogP contribution in [0.2, 0.25) is 0 Å². The van der Waals surface area contributed by atoms with Crippen LogP contribution in [0.1, 0.15) is 0 Å². The van der Waals surface area contributed by atoms with E-state index in [2.05, 4.69) is 4.79 Å². The van der Waals surface area contributed by atoms with E-state index in [1.807, 2.05) is 60.7 Å². The first-order valence-electron chi connectivity index (χ1n) is 5.49. The molecule has 0 fully saturated rings. The summed E-state index contributed by atoms with van der Waals surface area (Å²) in [4.78, 5) is 3.47. The Morgan fingerprint density at radius 1 is 0.647 bits per heavy atom. The fraction of sp³-hybridized carbons (Fsp3) is 0. The van der Waals surface area contributed by atoms with Crippen LogP contribution in [-0.4, -0.2) is 4.79 Å². The lowest BCUT2D eigenvalue weighted by atomic mass is 10.1. The van der Waals surface area contributed by atoms with E-state index in [0.717, 1.165) is 21.5 Å². The number of fused-ring (bicyclic) bond motifs is 2. The fourth-order valence-electron chi connectivity index (χ4n) is 2.15. The second-order valence-electron chi connectivity index (χ2n) is 3.96. The van der Waals surface area contributed by atoms with E-state index in [1.54, 1.807) is 0 Å². The van der Waals surface area contributed by atoms with Crippen molar-refractivity contribution in [3.05, 3.63) is 71.6 Å². The molecule has 0 amide bonds. The Morgan fingerprint density at radius 3 is 1.59 bits per heavy atom. The van der Waals surface area contributed by atoms with Gasteiger partial charge in [0.05, 0.1) is 10.8 Å². The van der Waals surface area contributed by atoms with Gasteiger partial charge in [-0.1, -0.05) is 48.5 Å². The van der Waals surface area contributed by atoms with E-state index in [4.69, 9.17) is 0 Å². The molecule has 3 rings (SSSR count). The highest BCUT2D eigenvalue weighted by Gasteiger charge is 2.04. The largest absolute Gasteiger partial charge is 0.361 e. The molecule has 0 heterocycles. The average Bonchev–Trinajstić information content (AvgIpc) is 2.55. The minimum absolute atomic E-state index is 0.626. The Bertz CT molecular complexity index is 738. The lowest BCUT2D eigenvalue weighted by Crippen LogP contribution is -2.02. The van der Waals surface area contributed by atoms with Gasteiger partial charge in [0.15, 0.2) is 0 Å². The van der Waals surface area contributed by atoms with E-state index in [9.17, 15) is 5.53 Å². The van der Waals surface area contributed by atoms with Crippen LogP contribution in [0, 0.1) is 0 Å². The molecule has 0 aliphatic carbocycles. The van der Waals surface area contributed by atoms with Gasteiger partial charge in [0.2, 0.25) is 0 Å². The van der Waals surface area contributed by atoms with Crippen molar-refractivity contribution < 1.29 is 4.79 Å². The first-order chi connectivity index (χ1) is 8.40. The molecule has 0 aliphatic rings. The van der Waals surface area contributed by atoms with Crippen LogP contribution in [0.4, 0.5) is 0 Å². The van der Waals surface area contributed by atoms with E-state index < -0.39 is 0 Å². The summed E-state index contributed by atoms with van der Waals surface area (Å²) in [6.45, 7) is 0. The molecule has 0 aliphatic heterocycles. The van der Waals surface area contributed by atoms with Gasteiger partial charge in [-0.05, 0) is 22.9 Å². The molecule has 0 N–H and O–H groups in total. The molecule has 3 aromatic rings. The molecule has 2 nitrogen and oxygen atoms in total. The summed E-state index contributed by atoms with van der Waals surface area (Å²) in [7, 11) is 0. The average molecular weight is 218 g/mol. The van der Waals surface area contributed by atoms with Gasteiger partial charge in [-0.15, -0.1) is 0 Å². The zero-order chi connectivity index (χ0) is 11.7. The maximum absolute atomic E-state index is 9.27. The highest BCUT2D eigenvalue weighted by atomic mass is 14.8. The lowest BCUT2D eigenvalue weighted by molar-refractivity contribution is -0.0602. The third-order valence-electron chi connectivity index (χ3n) is 2.97. The third-order valence-corrected chi connectivity index (χ3v) is 2.97. The van der Waals surface area contributed by atoms with Crippen LogP contribution >= 0.6 is 0 Å². The number of rotatable bonds is 0. The quantitative estimate of drug-likeness (QED) is 0.410. The van der Waals surface area contributed by atoms with Crippen molar-refractivity contribution in [2.75, 3.05) is 0 Å². The van der Waals surface area contributed by atoms with Crippen LogP contribution in [0.5, 0.6) is 0 Å². The molecular weight excluding hydrogens is 208 g/mol. The summed E-state index contributed by atoms with van der Waals surface area (Å²) >= 11 is 0. The summed E-state index contributed by atoms with van der Waals surface area (Å²) in [5.74, 6) is 0. The lowest BCUT2D eigenvalue weighted by Gasteiger charge is -1.87. The van der Waals surface area contributed by atoms with Crippen molar-refractivity contribution in [1.29, 1.82) is 0 Å². The molecule has 0 bridgehead atoms. The fourth-order valence-corrected chi connectivity index (χ4v) is 2.15. The molecule has 17 heavy (non-hydrogen) atoms. The number of benzene rings is 2. The summed E-state index contributed by atoms with van der Waals surface area (Å²) in [5, 5.41) is 4.67. The van der Waals surface area contributed by atoms with Gasteiger partial charge in [0, 0.05) is 0 Å². The molecule has 0 spiro atoms. The second kappa shape index (κ2) is 3.85. The minimum Gasteiger partial charge on any atom is -0.361 e. The van der Waals surface area contributed by atoms with Gasteiger partial charge < -0.3 is 5.53 Å². The molecule has 0 aromatic heterocycles. The topological polar surface area (TPSA) is 36.4 Å². The van der Waals surface area contributed by atoms with E-state index in [1.165, 1.54) is 0 Å². The van der Waals surface area contributed by atoms with Gasteiger partial charge in [0.25, 0.3) is 0 Å². The Hall–Kier alpha value is -2.44. The molecule has 0 radical (unpaired) electrons. The van der Waals surface area contributed by atoms with Crippen LogP contribution in [0.3, 0.4) is 0 Å². The predicted octanol–water partition coefficient (Wildman–Crippen LogP) is 3.12. The van der Waals surface area contributed by atoms with Crippen LogP contribution < -0.4 is 5.36 Å². The molecule has 80 valence electrons. The summed E-state index contributed by atoms with van der Waals surface area (Å²) in [6, 6.07) is 19.9. The maximum Gasteiger partial charge on any atom is 0.330 e. The van der Waals surface area contributed by atoms with Gasteiger partial charge in [-0.2, -0.15) is 4.79 Å². The molecule has 0 unspecified atom stereocenters. The SMILES string of the molecule is [N-]=[N+]=c1c2ccccc2ccc2ccccc12. The standard InChI is InChI=1S/C15H10N2/c16-17-15-13-7-3-1-5-11(13)9-10-12-6-2-4-8-14(12)15/h1-10H. The highest BCUT2D eigenvalue weighted by molar-refractivity contribution is 5.92. The van der Waals surface area contributed by atoms with Crippen molar-refractivity contribution in [2.45, 2.75) is 0 Å². The van der Waals surface area contributed by atoms with Crippen molar-refractivity contribution in [3.8, 4) is 0 Å². The monoisotopic (exact) mass is 218 g/mol. The Balaban J connectivity index is 2.77. The zero-order valence-electron chi connectivity index (χ0n) is 9.17. The number of hydrogen-bond donors (Lipinski definition) is 0. The third kappa shape index (κ3) is 1.52. The Morgan fingerprint density at radius 2 is 1.12 bits per heavy atom.